The van der Waals surface area contributed by atoms with Gasteiger partial charge < -0.3 is 14.4 Å². The maximum absolute atomic E-state index is 12.6. The van der Waals surface area contributed by atoms with Crippen LogP contribution in [0.25, 0.3) is 11.0 Å². The van der Waals surface area contributed by atoms with Crippen LogP contribution in [0.3, 0.4) is 0 Å². The van der Waals surface area contributed by atoms with Gasteiger partial charge in [0.05, 0.1) is 6.10 Å². The van der Waals surface area contributed by atoms with Crippen LogP contribution in [0.5, 0.6) is 0 Å². The summed E-state index contributed by atoms with van der Waals surface area (Å²) >= 11 is 5.99. The first-order valence-electron chi connectivity index (χ1n) is 7.13. The molecule has 3 rings (SSSR count). The number of fused-ring (bicyclic) bond motifs is 1. The van der Waals surface area contributed by atoms with Crippen molar-refractivity contribution in [3.8, 4) is 0 Å². The maximum Gasteiger partial charge on any atom is 0.289 e. The largest absolute Gasteiger partial charge is 0.451 e. The lowest BCUT2D eigenvalue weighted by Gasteiger charge is -2.33. The zero-order valence-corrected chi connectivity index (χ0v) is 12.9. The van der Waals surface area contributed by atoms with Gasteiger partial charge in [0.15, 0.2) is 5.76 Å². The molecule has 0 radical (unpaired) electrons. The maximum atomic E-state index is 12.6. The summed E-state index contributed by atoms with van der Waals surface area (Å²) in [5.74, 6) is 0.407. The van der Waals surface area contributed by atoms with Crippen LogP contribution < -0.4 is 0 Å². The third kappa shape index (κ3) is 2.54. The highest BCUT2D eigenvalue weighted by Gasteiger charge is 2.30. The van der Waals surface area contributed by atoms with E-state index in [2.05, 4.69) is 0 Å². The average molecular weight is 308 g/mol. The van der Waals surface area contributed by atoms with Crippen molar-refractivity contribution in [2.45, 2.75) is 26.4 Å². The zero-order valence-electron chi connectivity index (χ0n) is 12.1. The van der Waals surface area contributed by atoms with E-state index < -0.39 is 6.10 Å². The molecule has 1 aromatic carbocycles. The minimum absolute atomic E-state index is 0.161. The second kappa shape index (κ2) is 5.35. The summed E-state index contributed by atoms with van der Waals surface area (Å²) in [7, 11) is 0. The summed E-state index contributed by atoms with van der Waals surface area (Å²) in [6.07, 6.45) is 0.333. The van der Waals surface area contributed by atoms with Gasteiger partial charge in [0.25, 0.3) is 5.91 Å². The van der Waals surface area contributed by atoms with Crippen LogP contribution in [-0.2, 0) is 0 Å². The van der Waals surface area contributed by atoms with Gasteiger partial charge in [0.1, 0.15) is 5.58 Å². The van der Waals surface area contributed by atoms with E-state index in [9.17, 15) is 9.90 Å². The smallest absolute Gasteiger partial charge is 0.289 e. The van der Waals surface area contributed by atoms with E-state index in [1.165, 1.54) is 0 Å². The summed E-state index contributed by atoms with van der Waals surface area (Å²) in [4.78, 5) is 14.3. The Morgan fingerprint density at radius 2 is 2.24 bits per heavy atom. The van der Waals surface area contributed by atoms with Gasteiger partial charge >= 0.3 is 0 Å². The number of aliphatic hydroxyl groups excluding tert-OH is 1. The highest BCUT2D eigenvalue weighted by Crippen LogP contribution is 2.29. The number of likely N-dealkylation sites (tertiary alicyclic amines) is 1. The van der Waals surface area contributed by atoms with Crippen molar-refractivity contribution >= 4 is 28.5 Å². The van der Waals surface area contributed by atoms with E-state index in [0.29, 0.717) is 29.5 Å². The number of furan rings is 1. The minimum Gasteiger partial charge on any atom is -0.451 e. The van der Waals surface area contributed by atoms with Gasteiger partial charge in [-0.1, -0.05) is 18.5 Å². The zero-order chi connectivity index (χ0) is 15.1. The number of aliphatic hydroxyl groups is 1. The molecule has 0 spiro atoms. The van der Waals surface area contributed by atoms with Crippen molar-refractivity contribution < 1.29 is 14.3 Å². The molecule has 0 bridgehead atoms. The third-order valence-corrected chi connectivity index (χ3v) is 4.53. The Labute approximate surface area is 128 Å². The van der Waals surface area contributed by atoms with Crippen LogP contribution in [0, 0.1) is 12.8 Å². The first-order valence-corrected chi connectivity index (χ1v) is 7.51. The Hall–Kier alpha value is -1.52. The van der Waals surface area contributed by atoms with Crippen molar-refractivity contribution in [3.05, 3.63) is 34.5 Å². The highest BCUT2D eigenvalue weighted by atomic mass is 35.5. The van der Waals surface area contributed by atoms with Crippen LogP contribution in [0.15, 0.2) is 22.6 Å². The number of piperidine rings is 1. The third-order valence-electron chi connectivity index (χ3n) is 4.30. The lowest BCUT2D eigenvalue weighted by atomic mass is 9.96. The van der Waals surface area contributed by atoms with Gasteiger partial charge in [-0.15, -0.1) is 0 Å². The number of halogens is 1. The van der Waals surface area contributed by atoms with Gasteiger partial charge in [-0.3, -0.25) is 4.79 Å². The van der Waals surface area contributed by atoms with Gasteiger partial charge in [-0.25, -0.2) is 0 Å². The molecule has 1 N–H and O–H groups in total. The van der Waals surface area contributed by atoms with Crippen molar-refractivity contribution in [1.82, 2.24) is 4.90 Å². The van der Waals surface area contributed by atoms with E-state index in [0.717, 1.165) is 17.4 Å². The Balaban J connectivity index is 1.93. The van der Waals surface area contributed by atoms with Crippen LogP contribution in [0.2, 0.25) is 5.02 Å². The fourth-order valence-corrected chi connectivity index (χ4v) is 2.95. The molecule has 1 saturated heterocycles. The molecular weight excluding hydrogens is 290 g/mol. The second-order valence-electron chi connectivity index (χ2n) is 5.78. The predicted octanol–water partition coefficient (Wildman–Crippen LogP) is 3.24. The van der Waals surface area contributed by atoms with E-state index in [4.69, 9.17) is 16.0 Å². The number of carbonyl (C=O) groups excluding carboxylic acids is 1. The van der Waals surface area contributed by atoms with Crippen LogP contribution >= 0.6 is 11.6 Å². The first-order chi connectivity index (χ1) is 9.97. The molecule has 1 aliphatic heterocycles. The summed E-state index contributed by atoms with van der Waals surface area (Å²) in [6, 6.07) is 5.32. The number of amides is 1. The molecule has 5 heteroatoms. The van der Waals surface area contributed by atoms with Gasteiger partial charge in [-0.05, 0) is 37.5 Å². The molecule has 1 aromatic heterocycles. The summed E-state index contributed by atoms with van der Waals surface area (Å²) in [6.45, 7) is 4.87. The molecule has 1 aliphatic rings. The molecular formula is C16H18ClNO3. The van der Waals surface area contributed by atoms with Crippen LogP contribution in [-0.4, -0.2) is 35.1 Å². The molecule has 2 atom stereocenters. The number of nitrogens with zero attached hydrogens (tertiary/aromatic N) is 1. The molecule has 0 aliphatic carbocycles. The monoisotopic (exact) mass is 307 g/mol. The highest BCUT2D eigenvalue weighted by molar-refractivity contribution is 6.31. The Kier molecular flexibility index (Phi) is 3.68. The number of β-amino-alcohol motifs (C(OH)–C–C–N with tert-alkyl or cyclic N) is 1. The normalized spacial score (nSPS) is 22.8. The lowest BCUT2D eigenvalue weighted by Crippen LogP contribution is -2.45. The number of carbonyl (C=O) groups is 1. The van der Waals surface area contributed by atoms with Crippen molar-refractivity contribution in [3.63, 3.8) is 0 Å². The standard InChI is InChI=1S/C16H18ClNO3/c1-9-5-6-18(8-13(9)19)16(20)15-10(2)12-7-11(17)3-4-14(12)21-15/h3-4,7,9,13,19H,5-6,8H2,1-2H3. The number of rotatable bonds is 1. The van der Waals surface area contributed by atoms with E-state index in [-0.39, 0.29) is 11.8 Å². The lowest BCUT2D eigenvalue weighted by molar-refractivity contribution is 0.0231. The number of hydrogen-bond donors (Lipinski definition) is 1. The molecule has 4 nitrogen and oxygen atoms in total. The Bertz CT molecular complexity index is 694. The molecule has 21 heavy (non-hydrogen) atoms. The molecule has 2 heterocycles. The van der Waals surface area contributed by atoms with E-state index in [1.807, 2.05) is 13.8 Å². The van der Waals surface area contributed by atoms with Crippen molar-refractivity contribution in [2.24, 2.45) is 5.92 Å². The fraction of sp³-hybridized carbons (Fsp3) is 0.438. The first kappa shape index (κ1) is 14.4. The fourth-order valence-electron chi connectivity index (χ4n) is 2.77. The summed E-state index contributed by atoms with van der Waals surface area (Å²) in [5.41, 5.74) is 1.46. The number of hydrogen-bond acceptors (Lipinski definition) is 3. The summed E-state index contributed by atoms with van der Waals surface area (Å²) in [5, 5.41) is 11.4. The van der Waals surface area contributed by atoms with Crippen molar-refractivity contribution in [2.75, 3.05) is 13.1 Å². The minimum atomic E-state index is -0.471. The molecule has 112 valence electrons. The predicted molar refractivity (Wildman–Crippen MR) is 81.7 cm³/mol. The average Bonchev–Trinajstić information content (AvgIpc) is 2.78. The van der Waals surface area contributed by atoms with Crippen LogP contribution in [0.4, 0.5) is 0 Å². The van der Waals surface area contributed by atoms with E-state index >= 15 is 0 Å². The Morgan fingerprint density at radius 1 is 1.48 bits per heavy atom. The molecule has 2 aromatic rings. The second-order valence-corrected chi connectivity index (χ2v) is 6.22. The van der Waals surface area contributed by atoms with Gasteiger partial charge in [-0.2, -0.15) is 0 Å². The molecule has 1 fully saturated rings. The Morgan fingerprint density at radius 3 is 2.95 bits per heavy atom. The SMILES string of the molecule is Cc1c(C(=O)N2CCC(C)C(O)C2)oc2ccc(Cl)cc12. The molecule has 0 saturated carbocycles. The van der Waals surface area contributed by atoms with E-state index in [1.54, 1.807) is 23.1 Å². The quantitative estimate of drug-likeness (QED) is 0.880. The summed E-state index contributed by atoms with van der Waals surface area (Å²) < 4.78 is 5.70. The molecule has 2 unspecified atom stereocenters. The topological polar surface area (TPSA) is 53.7 Å². The van der Waals surface area contributed by atoms with Gasteiger partial charge in [0.2, 0.25) is 0 Å². The van der Waals surface area contributed by atoms with Crippen molar-refractivity contribution in [1.29, 1.82) is 0 Å². The number of benzene rings is 1. The van der Waals surface area contributed by atoms with Gasteiger partial charge in [0, 0.05) is 29.1 Å². The molecule has 1 amide bonds. The number of aryl methyl sites for hydroxylation is 1. The van der Waals surface area contributed by atoms with Crippen LogP contribution in [0.1, 0.15) is 29.5 Å².